The van der Waals surface area contributed by atoms with Gasteiger partial charge in [0.2, 0.25) is 0 Å². The molecule has 1 aromatic carbocycles. The molecule has 0 unspecified atom stereocenters. The molecule has 3 rings (SSSR count). The highest BCUT2D eigenvalue weighted by molar-refractivity contribution is 5.47. The minimum absolute atomic E-state index is 0.734. The smallest absolute Gasteiger partial charge is 0.122 e. The molecule has 2 aliphatic rings. The molecular weight excluding hydrogens is 186 g/mol. The third kappa shape index (κ3) is 1.36. The Morgan fingerprint density at radius 1 is 1.40 bits per heavy atom. The Balaban J connectivity index is 2.05. The lowest BCUT2D eigenvalue weighted by Gasteiger charge is -2.27. The molecule has 1 heterocycles. The highest BCUT2D eigenvalue weighted by Crippen LogP contribution is 2.45. The van der Waals surface area contributed by atoms with Crippen LogP contribution >= 0.6 is 0 Å². The Morgan fingerprint density at radius 2 is 2.33 bits per heavy atom. The molecule has 0 spiro atoms. The summed E-state index contributed by atoms with van der Waals surface area (Å²) in [5.74, 6) is 2.63. The number of fused-ring (bicyclic) bond motifs is 3. The van der Waals surface area contributed by atoms with E-state index in [1.54, 1.807) is 7.11 Å². The number of methoxy groups -OCH3 is 1. The van der Waals surface area contributed by atoms with E-state index in [4.69, 9.17) is 4.74 Å². The van der Waals surface area contributed by atoms with Gasteiger partial charge in [0.25, 0.3) is 0 Å². The minimum atomic E-state index is 0.734. The lowest BCUT2D eigenvalue weighted by Crippen LogP contribution is -2.33. The van der Waals surface area contributed by atoms with E-state index in [1.165, 1.54) is 30.5 Å². The Hall–Kier alpha value is -1.02. The van der Waals surface area contributed by atoms with Crippen LogP contribution in [0, 0.1) is 5.92 Å². The van der Waals surface area contributed by atoms with Gasteiger partial charge in [0.05, 0.1) is 7.11 Å². The summed E-state index contributed by atoms with van der Waals surface area (Å²) in [6.45, 7) is 2.32. The lowest BCUT2D eigenvalue weighted by molar-refractivity contribution is 0.339. The summed E-state index contributed by atoms with van der Waals surface area (Å²) in [6, 6.07) is 6.47. The molecule has 0 bridgehead atoms. The van der Waals surface area contributed by atoms with Gasteiger partial charge in [0.1, 0.15) is 5.75 Å². The molecule has 1 fully saturated rings. The summed E-state index contributed by atoms with van der Waals surface area (Å²) < 4.78 is 5.49. The molecule has 0 saturated carbocycles. The summed E-state index contributed by atoms with van der Waals surface area (Å²) in [7, 11) is 1.78. The maximum absolute atomic E-state index is 5.49. The van der Waals surface area contributed by atoms with Crippen LogP contribution < -0.4 is 10.1 Å². The predicted molar refractivity (Wildman–Crippen MR) is 60.4 cm³/mol. The van der Waals surface area contributed by atoms with Gasteiger partial charge in [0, 0.05) is 5.56 Å². The normalized spacial score (nSPS) is 28.3. The standard InChI is InChI=1S/C13H17NO/c1-15-12-4-2-3-9-7-10-8-14-6-5-11(10)13(9)12/h2-4,10-11,14H,5-8H2,1H3/t10-,11-/m0/s1. The summed E-state index contributed by atoms with van der Waals surface area (Å²) in [5.41, 5.74) is 3.00. The zero-order chi connectivity index (χ0) is 10.3. The van der Waals surface area contributed by atoms with Crippen molar-refractivity contribution >= 4 is 0 Å². The Morgan fingerprint density at radius 3 is 3.20 bits per heavy atom. The van der Waals surface area contributed by atoms with E-state index >= 15 is 0 Å². The van der Waals surface area contributed by atoms with E-state index in [1.807, 2.05) is 0 Å². The second kappa shape index (κ2) is 3.53. The largest absolute Gasteiger partial charge is 0.496 e. The Kier molecular flexibility index (Phi) is 2.17. The maximum Gasteiger partial charge on any atom is 0.122 e. The SMILES string of the molecule is COc1cccc2c1[C@H]1CCNC[C@@H]1C2. The fourth-order valence-corrected chi connectivity index (χ4v) is 3.17. The molecule has 2 atom stereocenters. The number of rotatable bonds is 1. The molecule has 1 aliphatic heterocycles. The topological polar surface area (TPSA) is 21.3 Å². The average Bonchev–Trinajstić information content (AvgIpc) is 2.67. The van der Waals surface area contributed by atoms with Crippen molar-refractivity contribution in [2.24, 2.45) is 5.92 Å². The van der Waals surface area contributed by atoms with Crippen LogP contribution in [0.15, 0.2) is 18.2 Å². The molecular formula is C13H17NO. The summed E-state index contributed by atoms with van der Waals surface area (Å²) in [5, 5.41) is 3.49. The molecule has 1 aromatic rings. The van der Waals surface area contributed by atoms with Crippen molar-refractivity contribution < 1.29 is 4.74 Å². The van der Waals surface area contributed by atoms with Crippen molar-refractivity contribution in [3.63, 3.8) is 0 Å². The van der Waals surface area contributed by atoms with Crippen LogP contribution in [0.2, 0.25) is 0 Å². The van der Waals surface area contributed by atoms with Crippen LogP contribution in [0.4, 0.5) is 0 Å². The second-order valence-corrected chi connectivity index (χ2v) is 4.60. The molecule has 80 valence electrons. The molecule has 0 aromatic heterocycles. The second-order valence-electron chi connectivity index (χ2n) is 4.60. The minimum Gasteiger partial charge on any atom is -0.496 e. The fraction of sp³-hybridized carbons (Fsp3) is 0.538. The Labute approximate surface area is 90.6 Å². The lowest BCUT2D eigenvalue weighted by atomic mass is 9.86. The number of piperidine rings is 1. The van der Waals surface area contributed by atoms with Crippen molar-refractivity contribution in [2.45, 2.75) is 18.8 Å². The molecule has 15 heavy (non-hydrogen) atoms. The first-order valence-electron chi connectivity index (χ1n) is 5.76. The van der Waals surface area contributed by atoms with Crippen molar-refractivity contribution in [1.82, 2.24) is 5.32 Å². The van der Waals surface area contributed by atoms with E-state index in [0.717, 1.165) is 24.1 Å². The summed E-state index contributed by atoms with van der Waals surface area (Å²) in [6.07, 6.45) is 2.49. The molecule has 0 amide bonds. The van der Waals surface area contributed by atoms with Crippen molar-refractivity contribution in [3.8, 4) is 5.75 Å². The first-order chi connectivity index (χ1) is 7.40. The van der Waals surface area contributed by atoms with Gasteiger partial charge in [-0.1, -0.05) is 12.1 Å². The quantitative estimate of drug-likeness (QED) is 0.753. The van der Waals surface area contributed by atoms with Gasteiger partial charge in [-0.25, -0.2) is 0 Å². The average molecular weight is 203 g/mol. The van der Waals surface area contributed by atoms with Gasteiger partial charge in [-0.3, -0.25) is 0 Å². The number of benzene rings is 1. The number of hydrogen-bond donors (Lipinski definition) is 1. The Bertz CT molecular complexity index is 375. The third-order valence-electron chi connectivity index (χ3n) is 3.84. The van der Waals surface area contributed by atoms with E-state index in [9.17, 15) is 0 Å². The number of hydrogen-bond acceptors (Lipinski definition) is 2. The van der Waals surface area contributed by atoms with Crippen LogP contribution in [0.25, 0.3) is 0 Å². The highest BCUT2D eigenvalue weighted by atomic mass is 16.5. The maximum atomic E-state index is 5.49. The van der Waals surface area contributed by atoms with Gasteiger partial charge in [-0.2, -0.15) is 0 Å². The van der Waals surface area contributed by atoms with E-state index in [-0.39, 0.29) is 0 Å². The van der Waals surface area contributed by atoms with Crippen LogP contribution in [0.5, 0.6) is 5.75 Å². The van der Waals surface area contributed by atoms with Gasteiger partial charge in [-0.05, 0) is 49.4 Å². The van der Waals surface area contributed by atoms with Crippen molar-refractivity contribution in [1.29, 1.82) is 0 Å². The van der Waals surface area contributed by atoms with Crippen LogP contribution in [-0.4, -0.2) is 20.2 Å². The van der Waals surface area contributed by atoms with E-state index in [2.05, 4.69) is 23.5 Å². The zero-order valence-corrected chi connectivity index (χ0v) is 9.12. The highest BCUT2D eigenvalue weighted by Gasteiger charge is 2.35. The van der Waals surface area contributed by atoms with Crippen LogP contribution in [0.1, 0.15) is 23.5 Å². The molecule has 1 aliphatic carbocycles. The molecule has 1 saturated heterocycles. The first kappa shape index (κ1) is 9.22. The van der Waals surface area contributed by atoms with Gasteiger partial charge in [-0.15, -0.1) is 0 Å². The first-order valence-corrected chi connectivity index (χ1v) is 5.76. The van der Waals surface area contributed by atoms with Gasteiger partial charge >= 0.3 is 0 Å². The fourth-order valence-electron chi connectivity index (χ4n) is 3.17. The van der Waals surface area contributed by atoms with Crippen LogP contribution in [-0.2, 0) is 6.42 Å². The number of nitrogens with one attached hydrogen (secondary N) is 1. The molecule has 1 N–H and O–H groups in total. The number of ether oxygens (including phenoxy) is 1. The van der Waals surface area contributed by atoms with Gasteiger partial charge in [0.15, 0.2) is 0 Å². The van der Waals surface area contributed by atoms with Crippen molar-refractivity contribution in [2.75, 3.05) is 20.2 Å². The summed E-state index contributed by atoms with van der Waals surface area (Å²) >= 11 is 0. The molecule has 2 nitrogen and oxygen atoms in total. The van der Waals surface area contributed by atoms with Crippen molar-refractivity contribution in [3.05, 3.63) is 29.3 Å². The third-order valence-corrected chi connectivity index (χ3v) is 3.84. The van der Waals surface area contributed by atoms with Gasteiger partial charge < -0.3 is 10.1 Å². The predicted octanol–water partition coefficient (Wildman–Crippen LogP) is 1.94. The monoisotopic (exact) mass is 203 g/mol. The van der Waals surface area contributed by atoms with E-state index < -0.39 is 0 Å². The van der Waals surface area contributed by atoms with E-state index in [0.29, 0.717) is 0 Å². The summed E-state index contributed by atoms with van der Waals surface area (Å²) in [4.78, 5) is 0. The zero-order valence-electron chi connectivity index (χ0n) is 9.12. The molecule has 2 heteroatoms. The molecule has 0 radical (unpaired) electrons. The van der Waals surface area contributed by atoms with Crippen LogP contribution in [0.3, 0.4) is 0 Å².